The van der Waals surface area contributed by atoms with Crippen LogP contribution in [0.1, 0.15) is 32.1 Å². The molecule has 0 aromatic carbocycles. The highest BCUT2D eigenvalue weighted by atomic mass is 16.5. The van der Waals surface area contributed by atoms with Gasteiger partial charge in [0.05, 0.1) is 12.5 Å². The molecule has 0 aromatic heterocycles. The van der Waals surface area contributed by atoms with Crippen LogP contribution >= 0.6 is 0 Å². The normalized spacial score (nSPS) is 19.1. The first-order chi connectivity index (χ1) is 7.19. The summed E-state index contributed by atoms with van der Waals surface area (Å²) in [6.45, 7) is 0.404. The van der Waals surface area contributed by atoms with Gasteiger partial charge in [0, 0.05) is 26.7 Å². The molecule has 0 aromatic rings. The number of methoxy groups -OCH3 is 1. The summed E-state index contributed by atoms with van der Waals surface area (Å²) >= 11 is 0. The molecule has 1 saturated carbocycles. The Morgan fingerprint density at radius 1 is 1.53 bits per heavy atom. The van der Waals surface area contributed by atoms with Crippen LogP contribution in [0.2, 0.25) is 0 Å². The predicted octanol–water partition coefficient (Wildman–Crippen LogP) is 0.751. The first kappa shape index (κ1) is 12.5. The van der Waals surface area contributed by atoms with E-state index in [1.54, 1.807) is 7.11 Å². The highest BCUT2D eigenvalue weighted by Crippen LogP contribution is 2.22. The average molecular weight is 214 g/mol. The number of rotatable bonds is 5. The van der Waals surface area contributed by atoms with Crippen molar-refractivity contribution < 1.29 is 9.53 Å². The molecule has 4 nitrogen and oxygen atoms in total. The second kappa shape index (κ2) is 6.08. The van der Waals surface area contributed by atoms with Crippen molar-refractivity contribution >= 4 is 5.91 Å². The molecule has 0 aliphatic heterocycles. The number of hydrogen-bond donors (Lipinski definition) is 1. The maximum atomic E-state index is 11.8. The molecule has 0 spiro atoms. The number of nitrogens with zero attached hydrogens (tertiary/aromatic N) is 1. The van der Waals surface area contributed by atoms with Gasteiger partial charge >= 0.3 is 0 Å². The second-order valence-electron chi connectivity index (χ2n) is 4.24. The van der Waals surface area contributed by atoms with Crippen molar-refractivity contribution in [3.63, 3.8) is 0 Å². The van der Waals surface area contributed by atoms with Crippen LogP contribution in [0.4, 0.5) is 0 Å². The van der Waals surface area contributed by atoms with E-state index in [1.807, 2.05) is 11.9 Å². The van der Waals surface area contributed by atoms with E-state index in [4.69, 9.17) is 10.5 Å². The Kier molecular flexibility index (Phi) is 5.05. The van der Waals surface area contributed by atoms with Crippen LogP contribution in [0.5, 0.6) is 0 Å². The summed E-state index contributed by atoms with van der Waals surface area (Å²) in [6, 6.07) is 0.438. The van der Waals surface area contributed by atoms with Gasteiger partial charge in [-0.05, 0) is 12.8 Å². The first-order valence-electron chi connectivity index (χ1n) is 5.67. The summed E-state index contributed by atoms with van der Waals surface area (Å²) in [7, 11) is 3.49. The summed E-state index contributed by atoms with van der Waals surface area (Å²) < 4.78 is 5.11. The fraction of sp³-hybridized carbons (Fsp3) is 0.909. The van der Waals surface area contributed by atoms with Crippen molar-refractivity contribution in [2.24, 2.45) is 5.73 Å². The molecule has 0 heterocycles. The minimum atomic E-state index is -0.138. The van der Waals surface area contributed by atoms with Crippen LogP contribution < -0.4 is 5.73 Å². The molecule has 2 N–H and O–H groups in total. The molecule has 15 heavy (non-hydrogen) atoms. The smallest absolute Gasteiger partial charge is 0.225 e. The Hall–Kier alpha value is -0.610. The molecular formula is C11H22N2O2. The van der Waals surface area contributed by atoms with Crippen LogP contribution in [-0.2, 0) is 9.53 Å². The van der Waals surface area contributed by atoms with E-state index in [1.165, 1.54) is 12.8 Å². The topological polar surface area (TPSA) is 55.6 Å². The zero-order chi connectivity index (χ0) is 11.3. The second-order valence-corrected chi connectivity index (χ2v) is 4.24. The molecule has 1 rings (SSSR count). The Balaban J connectivity index is 2.37. The van der Waals surface area contributed by atoms with Gasteiger partial charge in [0.1, 0.15) is 0 Å². The number of nitrogens with two attached hydrogens (primary N) is 1. The number of carbonyl (C=O) groups excluding carboxylic acids is 1. The molecule has 88 valence electrons. The van der Waals surface area contributed by atoms with Gasteiger partial charge < -0.3 is 15.4 Å². The van der Waals surface area contributed by atoms with Crippen molar-refractivity contribution in [3.8, 4) is 0 Å². The third-order valence-electron chi connectivity index (χ3n) is 3.26. The SMILES string of the molecule is COC(CN)CC(=O)N(C)C1CCCC1. The zero-order valence-corrected chi connectivity index (χ0v) is 9.74. The van der Waals surface area contributed by atoms with E-state index in [0.29, 0.717) is 19.0 Å². The van der Waals surface area contributed by atoms with E-state index in [0.717, 1.165) is 12.8 Å². The van der Waals surface area contributed by atoms with Crippen molar-refractivity contribution in [1.82, 2.24) is 4.90 Å². The Morgan fingerprint density at radius 2 is 2.13 bits per heavy atom. The number of amides is 1. The van der Waals surface area contributed by atoms with Crippen molar-refractivity contribution in [2.75, 3.05) is 20.7 Å². The standard InChI is InChI=1S/C11H22N2O2/c1-13(9-5-3-4-6-9)11(14)7-10(8-12)15-2/h9-10H,3-8,12H2,1-2H3. The van der Waals surface area contributed by atoms with Crippen molar-refractivity contribution in [1.29, 1.82) is 0 Å². The molecular weight excluding hydrogens is 192 g/mol. The molecule has 0 bridgehead atoms. The third-order valence-corrected chi connectivity index (χ3v) is 3.26. The van der Waals surface area contributed by atoms with E-state index >= 15 is 0 Å². The number of carbonyl (C=O) groups is 1. The monoisotopic (exact) mass is 214 g/mol. The average Bonchev–Trinajstić information content (AvgIpc) is 2.77. The minimum Gasteiger partial charge on any atom is -0.380 e. The largest absolute Gasteiger partial charge is 0.380 e. The van der Waals surface area contributed by atoms with Crippen LogP contribution in [-0.4, -0.2) is 43.7 Å². The van der Waals surface area contributed by atoms with Crippen molar-refractivity contribution in [2.45, 2.75) is 44.2 Å². The van der Waals surface area contributed by atoms with Crippen LogP contribution in [0, 0.1) is 0 Å². The van der Waals surface area contributed by atoms with Crippen LogP contribution in [0.15, 0.2) is 0 Å². The Bertz CT molecular complexity index is 199. The van der Waals surface area contributed by atoms with Gasteiger partial charge in [-0.1, -0.05) is 12.8 Å². The van der Waals surface area contributed by atoms with Crippen molar-refractivity contribution in [3.05, 3.63) is 0 Å². The summed E-state index contributed by atoms with van der Waals surface area (Å²) in [5.41, 5.74) is 5.49. The summed E-state index contributed by atoms with van der Waals surface area (Å²) in [4.78, 5) is 13.7. The lowest BCUT2D eigenvalue weighted by Gasteiger charge is -2.25. The highest BCUT2D eigenvalue weighted by Gasteiger charge is 2.24. The molecule has 1 aliphatic carbocycles. The number of hydrogen-bond acceptors (Lipinski definition) is 3. The summed E-state index contributed by atoms with van der Waals surface area (Å²) in [5, 5.41) is 0. The van der Waals surface area contributed by atoms with Gasteiger partial charge in [0.15, 0.2) is 0 Å². The summed E-state index contributed by atoms with van der Waals surface area (Å²) in [6.07, 6.45) is 5.03. The van der Waals surface area contributed by atoms with E-state index in [-0.39, 0.29) is 12.0 Å². The van der Waals surface area contributed by atoms with Gasteiger partial charge in [-0.2, -0.15) is 0 Å². The quantitative estimate of drug-likeness (QED) is 0.735. The lowest BCUT2D eigenvalue weighted by molar-refractivity contribution is -0.134. The first-order valence-corrected chi connectivity index (χ1v) is 5.67. The molecule has 0 saturated heterocycles. The van der Waals surface area contributed by atoms with Gasteiger partial charge in [-0.15, -0.1) is 0 Å². The molecule has 1 fully saturated rings. The zero-order valence-electron chi connectivity index (χ0n) is 9.74. The van der Waals surface area contributed by atoms with Gasteiger partial charge in [0.2, 0.25) is 5.91 Å². The van der Waals surface area contributed by atoms with Crippen LogP contribution in [0.3, 0.4) is 0 Å². The lowest BCUT2D eigenvalue weighted by atomic mass is 10.1. The van der Waals surface area contributed by atoms with Gasteiger partial charge in [-0.25, -0.2) is 0 Å². The molecule has 1 atom stereocenters. The maximum absolute atomic E-state index is 11.8. The highest BCUT2D eigenvalue weighted by molar-refractivity contribution is 5.76. The molecule has 1 aliphatic rings. The maximum Gasteiger partial charge on any atom is 0.225 e. The fourth-order valence-electron chi connectivity index (χ4n) is 2.10. The fourth-order valence-corrected chi connectivity index (χ4v) is 2.10. The third kappa shape index (κ3) is 3.47. The molecule has 1 unspecified atom stereocenters. The van der Waals surface area contributed by atoms with Gasteiger partial charge in [0.25, 0.3) is 0 Å². The number of ether oxygens (including phenoxy) is 1. The predicted molar refractivity (Wildman–Crippen MR) is 59.5 cm³/mol. The van der Waals surface area contributed by atoms with E-state index < -0.39 is 0 Å². The Labute approximate surface area is 91.8 Å². The molecule has 4 heteroatoms. The van der Waals surface area contributed by atoms with E-state index in [9.17, 15) is 4.79 Å². The lowest BCUT2D eigenvalue weighted by Crippen LogP contribution is -2.38. The molecule has 0 radical (unpaired) electrons. The van der Waals surface area contributed by atoms with E-state index in [2.05, 4.69) is 0 Å². The van der Waals surface area contributed by atoms with Crippen LogP contribution in [0.25, 0.3) is 0 Å². The van der Waals surface area contributed by atoms with Gasteiger partial charge in [-0.3, -0.25) is 4.79 Å². The minimum absolute atomic E-state index is 0.138. The summed E-state index contributed by atoms with van der Waals surface area (Å²) in [5.74, 6) is 0.152. The Morgan fingerprint density at radius 3 is 2.60 bits per heavy atom. The molecule has 1 amide bonds.